The van der Waals surface area contributed by atoms with E-state index in [9.17, 15) is 9.18 Å². The third-order valence-corrected chi connectivity index (χ3v) is 2.35. The van der Waals surface area contributed by atoms with Gasteiger partial charge < -0.3 is 5.11 Å². The van der Waals surface area contributed by atoms with Crippen molar-refractivity contribution in [3.05, 3.63) is 34.6 Å². The van der Waals surface area contributed by atoms with Crippen LogP contribution in [0.25, 0.3) is 0 Å². The van der Waals surface area contributed by atoms with Gasteiger partial charge in [0.15, 0.2) is 0 Å². The zero-order valence-electron chi connectivity index (χ0n) is 8.37. The van der Waals surface area contributed by atoms with Gasteiger partial charge in [-0.25, -0.2) is 4.39 Å². The quantitative estimate of drug-likeness (QED) is 0.867. The van der Waals surface area contributed by atoms with Crippen molar-refractivity contribution in [1.29, 1.82) is 0 Å². The maximum atomic E-state index is 13.4. The molecule has 1 aromatic rings. The second-order valence-electron chi connectivity index (χ2n) is 3.34. The van der Waals surface area contributed by atoms with Crippen molar-refractivity contribution in [2.24, 2.45) is 0 Å². The number of likely N-dealkylation sites (N-methyl/N-ethyl adjacent to an activating group) is 1. The Labute approximate surface area is 92.1 Å². The summed E-state index contributed by atoms with van der Waals surface area (Å²) in [6, 6.07) is 3.04. The zero-order valence-corrected chi connectivity index (χ0v) is 9.12. The molecule has 1 N–H and O–H groups in total. The Balaban J connectivity index is 3.28. The molecule has 82 valence electrons. The summed E-state index contributed by atoms with van der Waals surface area (Å²) in [4.78, 5) is 12.4. The lowest BCUT2D eigenvalue weighted by atomic mass is 10.1. The number of carboxylic acid groups (broad SMARTS) is 1. The van der Waals surface area contributed by atoms with E-state index in [2.05, 4.69) is 0 Å². The summed E-state index contributed by atoms with van der Waals surface area (Å²) < 4.78 is 13.4. The minimum Gasteiger partial charge on any atom is -0.480 e. The van der Waals surface area contributed by atoms with Crippen LogP contribution in [-0.2, 0) is 4.79 Å². The van der Waals surface area contributed by atoms with E-state index in [4.69, 9.17) is 16.7 Å². The summed E-state index contributed by atoms with van der Waals surface area (Å²) in [5, 5.41) is 9.10. The molecule has 0 bridgehead atoms. The van der Waals surface area contributed by atoms with E-state index in [1.807, 2.05) is 0 Å². The number of hydrogen-bond acceptors (Lipinski definition) is 2. The molecule has 0 aliphatic heterocycles. The minimum atomic E-state index is -1.13. The molecule has 15 heavy (non-hydrogen) atoms. The molecule has 0 aromatic heterocycles. The SMILES string of the molecule is CN(C)C(C(=O)O)c1c(F)cccc1Cl. The van der Waals surface area contributed by atoms with Gasteiger partial charge in [0.05, 0.1) is 0 Å². The smallest absolute Gasteiger partial charge is 0.325 e. The number of nitrogens with zero attached hydrogens (tertiary/aromatic N) is 1. The monoisotopic (exact) mass is 231 g/mol. The standard InChI is InChI=1S/C10H11ClFNO2/c1-13(2)9(10(14)15)8-6(11)4-3-5-7(8)12/h3-5,9H,1-2H3,(H,14,15). The van der Waals surface area contributed by atoms with Crippen molar-refractivity contribution >= 4 is 17.6 Å². The van der Waals surface area contributed by atoms with E-state index in [1.54, 1.807) is 14.1 Å². The molecule has 1 aromatic carbocycles. The van der Waals surface area contributed by atoms with Crippen LogP contribution < -0.4 is 0 Å². The Morgan fingerprint density at radius 1 is 1.53 bits per heavy atom. The number of carboxylic acids is 1. The third-order valence-electron chi connectivity index (χ3n) is 2.02. The number of aliphatic carboxylic acids is 1. The van der Waals surface area contributed by atoms with Gasteiger partial charge >= 0.3 is 5.97 Å². The van der Waals surface area contributed by atoms with Crippen molar-refractivity contribution in [3.63, 3.8) is 0 Å². The number of halogens is 2. The van der Waals surface area contributed by atoms with E-state index >= 15 is 0 Å². The lowest BCUT2D eigenvalue weighted by Crippen LogP contribution is -2.28. The van der Waals surface area contributed by atoms with E-state index < -0.39 is 17.8 Å². The first-order valence-electron chi connectivity index (χ1n) is 4.28. The van der Waals surface area contributed by atoms with Gasteiger partial charge in [0, 0.05) is 10.6 Å². The summed E-state index contributed by atoms with van der Waals surface area (Å²) in [5.41, 5.74) is -0.00309. The van der Waals surface area contributed by atoms with Crippen LogP contribution >= 0.6 is 11.6 Å². The van der Waals surface area contributed by atoms with Crippen LogP contribution in [0.15, 0.2) is 18.2 Å². The van der Waals surface area contributed by atoms with Crippen LogP contribution in [0.2, 0.25) is 5.02 Å². The summed E-state index contributed by atoms with van der Waals surface area (Å²) in [6.07, 6.45) is 0. The molecule has 0 aliphatic carbocycles. The Morgan fingerprint density at radius 2 is 2.13 bits per heavy atom. The topological polar surface area (TPSA) is 40.5 Å². The maximum absolute atomic E-state index is 13.4. The molecule has 0 radical (unpaired) electrons. The maximum Gasteiger partial charge on any atom is 0.325 e. The van der Waals surface area contributed by atoms with E-state index in [0.29, 0.717) is 0 Å². The average molecular weight is 232 g/mol. The van der Waals surface area contributed by atoms with Gasteiger partial charge in [-0.15, -0.1) is 0 Å². The lowest BCUT2D eigenvalue weighted by Gasteiger charge is -2.21. The molecule has 0 spiro atoms. The third kappa shape index (κ3) is 2.46. The Bertz CT molecular complexity index is 361. The Morgan fingerprint density at radius 3 is 2.53 bits per heavy atom. The first kappa shape index (κ1) is 11.9. The molecule has 1 unspecified atom stereocenters. The molecule has 3 nitrogen and oxygen atoms in total. The largest absolute Gasteiger partial charge is 0.480 e. The highest BCUT2D eigenvalue weighted by atomic mass is 35.5. The molecule has 0 amide bonds. The summed E-state index contributed by atoms with van der Waals surface area (Å²) in [5.74, 6) is -1.74. The van der Waals surface area contributed by atoms with Crippen molar-refractivity contribution in [3.8, 4) is 0 Å². The van der Waals surface area contributed by atoms with Crippen LogP contribution in [0, 0.1) is 5.82 Å². The van der Waals surface area contributed by atoms with Gasteiger partial charge in [0.25, 0.3) is 0 Å². The van der Waals surface area contributed by atoms with Gasteiger partial charge in [-0.1, -0.05) is 17.7 Å². The highest BCUT2D eigenvalue weighted by Gasteiger charge is 2.27. The highest BCUT2D eigenvalue weighted by Crippen LogP contribution is 2.28. The fourth-order valence-corrected chi connectivity index (χ4v) is 1.64. The van der Waals surface area contributed by atoms with Gasteiger partial charge in [-0.3, -0.25) is 9.69 Å². The molecule has 0 saturated carbocycles. The van der Waals surface area contributed by atoms with Crippen LogP contribution in [0.5, 0.6) is 0 Å². The van der Waals surface area contributed by atoms with Gasteiger partial charge in [-0.05, 0) is 26.2 Å². The fourth-order valence-electron chi connectivity index (χ4n) is 1.37. The Hall–Kier alpha value is -1.13. The molecular weight excluding hydrogens is 221 g/mol. The van der Waals surface area contributed by atoms with Crippen LogP contribution in [0.3, 0.4) is 0 Å². The van der Waals surface area contributed by atoms with Crippen LogP contribution in [0.1, 0.15) is 11.6 Å². The van der Waals surface area contributed by atoms with Crippen molar-refractivity contribution in [2.45, 2.75) is 6.04 Å². The minimum absolute atomic E-state index is 0.00309. The number of hydrogen-bond donors (Lipinski definition) is 1. The molecule has 1 atom stereocenters. The van der Waals surface area contributed by atoms with Crippen LogP contribution in [-0.4, -0.2) is 30.1 Å². The first-order chi connectivity index (χ1) is 6.95. The predicted octanol–water partition coefficient (Wildman–Crippen LogP) is 2.17. The second-order valence-corrected chi connectivity index (χ2v) is 3.75. The zero-order chi connectivity index (χ0) is 11.6. The fraction of sp³-hybridized carbons (Fsp3) is 0.300. The summed E-state index contributed by atoms with van der Waals surface area (Å²) in [6.45, 7) is 0. The molecular formula is C10H11ClFNO2. The summed E-state index contributed by atoms with van der Waals surface area (Å²) in [7, 11) is 3.11. The van der Waals surface area contributed by atoms with Gasteiger partial charge in [0.1, 0.15) is 11.9 Å². The van der Waals surface area contributed by atoms with E-state index in [0.717, 1.165) is 0 Å². The lowest BCUT2D eigenvalue weighted by molar-refractivity contribution is -0.142. The normalized spacial score (nSPS) is 12.9. The van der Waals surface area contributed by atoms with Crippen molar-refractivity contribution in [1.82, 2.24) is 4.90 Å². The Kier molecular flexibility index (Phi) is 3.66. The van der Waals surface area contributed by atoms with Crippen molar-refractivity contribution in [2.75, 3.05) is 14.1 Å². The molecule has 0 fully saturated rings. The van der Waals surface area contributed by atoms with E-state index in [1.165, 1.54) is 23.1 Å². The number of carbonyl (C=O) groups is 1. The molecule has 0 aliphatic rings. The number of rotatable bonds is 3. The predicted molar refractivity (Wildman–Crippen MR) is 55.5 cm³/mol. The van der Waals surface area contributed by atoms with Gasteiger partial charge in [-0.2, -0.15) is 0 Å². The van der Waals surface area contributed by atoms with Gasteiger partial charge in [0.2, 0.25) is 0 Å². The van der Waals surface area contributed by atoms with Crippen molar-refractivity contribution < 1.29 is 14.3 Å². The second kappa shape index (κ2) is 4.59. The average Bonchev–Trinajstić information content (AvgIpc) is 2.09. The van der Waals surface area contributed by atoms with E-state index in [-0.39, 0.29) is 10.6 Å². The number of benzene rings is 1. The molecule has 1 rings (SSSR count). The molecule has 0 heterocycles. The van der Waals surface area contributed by atoms with Crippen LogP contribution in [0.4, 0.5) is 4.39 Å². The first-order valence-corrected chi connectivity index (χ1v) is 4.66. The summed E-state index contributed by atoms with van der Waals surface area (Å²) >= 11 is 5.78. The molecule has 5 heteroatoms. The molecule has 0 saturated heterocycles. The highest BCUT2D eigenvalue weighted by molar-refractivity contribution is 6.31.